The van der Waals surface area contributed by atoms with Gasteiger partial charge >= 0.3 is 0 Å². The SMILES string of the molecule is CC(Oc1ccc(Cl)cc1Cl)C(=O)N1Cc2cncnc2C1. The third-order valence-corrected chi connectivity index (χ3v) is 3.97. The van der Waals surface area contributed by atoms with Crippen LogP contribution in [0.15, 0.2) is 30.7 Å². The molecule has 5 nitrogen and oxygen atoms in total. The molecule has 1 aliphatic heterocycles. The quantitative estimate of drug-likeness (QED) is 0.863. The molecule has 0 fully saturated rings. The van der Waals surface area contributed by atoms with Gasteiger partial charge in [0.15, 0.2) is 6.10 Å². The number of carbonyl (C=O) groups excluding carboxylic acids is 1. The zero-order valence-electron chi connectivity index (χ0n) is 11.8. The molecule has 1 unspecified atom stereocenters. The van der Waals surface area contributed by atoms with Crippen molar-refractivity contribution in [1.29, 1.82) is 0 Å². The Morgan fingerprint density at radius 2 is 2.18 bits per heavy atom. The summed E-state index contributed by atoms with van der Waals surface area (Å²) in [4.78, 5) is 22.3. The number of rotatable bonds is 3. The molecule has 0 N–H and O–H groups in total. The average Bonchev–Trinajstić information content (AvgIpc) is 2.93. The molecule has 1 aromatic heterocycles. The van der Waals surface area contributed by atoms with Gasteiger partial charge in [-0.05, 0) is 25.1 Å². The summed E-state index contributed by atoms with van der Waals surface area (Å²) in [6, 6.07) is 4.90. The Morgan fingerprint density at radius 3 is 2.91 bits per heavy atom. The van der Waals surface area contributed by atoms with E-state index in [1.807, 2.05) is 0 Å². The van der Waals surface area contributed by atoms with Crippen molar-refractivity contribution in [3.05, 3.63) is 52.0 Å². The van der Waals surface area contributed by atoms with Crippen molar-refractivity contribution in [3.63, 3.8) is 0 Å². The fraction of sp³-hybridized carbons (Fsp3) is 0.267. The number of hydrogen-bond acceptors (Lipinski definition) is 4. The third-order valence-electron chi connectivity index (χ3n) is 3.44. The first kappa shape index (κ1) is 15.1. The maximum Gasteiger partial charge on any atom is 0.264 e. The largest absolute Gasteiger partial charge is 0.479 e. The number of halogens is 2. The van der Waals surface area contributed by atoms with Crippen LogP contribution in [0, 0.1) is 0 Å². The maximum absolute atomic E-state index is 12.5. The van der Waals surface area contributed by atoms with Gasteiger partial charge < -0.3 is 9.64 Å². The van der Waals surface area contributed by atoms with Gasteiger partial charge in [-0.2, -0.15) is 0 Å². The lowest BCUT2D eigenvalue weighted by atomic mass is 10.3. The first-order chi connectivity index (χ1) is 10.5. The second-order valence-corrected chi connectivity index (χ2v) is 5.87. The number of amides is 1. The Labute approximate surface area is 137 Å². The van der Waals surface area contributed by atoms with Crippen molar-refractivity contribution in [2.75, 3.05) is 0 Å². The van der Waals surface area contributed by atoms with Gasteiger partial charge in [-0.15, -0.1) is 0 Å². The Kier molecular flexibility index (Phi) is 4.18. The summed E-state index contributed by atoms with van der Waals surface area (Å²) in [6.45, 7) is 2.66. The van der Waals surface area contributed by atoms with Gasteiger partial charge in [0.25, 0.3) is 5.91 Å². The van der Waals surface area contributed by atoms with Crippen molar-refractivity contribution in [2.24, 2.45) is 0 Å². The Balaban J connectivity index is 1.68. The molecule has 1 atom stereocenters. The molecule has 0 aliphatic carbocycles. The van der Waals surface area contributed by atoms with Crippen molar-refractivity contribution in [1.82, 2.24) is 14.9 Å². The van der Waals surface area contributed by atoms with Gasteiger partial charge in [-0.1, -0.05) is 23.2 Å². The van der Waals surface area contributed by atoms with Gasteiger partial charge in [-0.3, -0.25) is 4.79 Å². The van der Waals surface area contributed by atoms with Crippen LogP contribution in [0.2, 0.25) is 10.0 Å². The molecule has 0 radical (unpaired) electrons. The molecule has 114 valence electrons. The summed E-state index contributed by atoms with van der Waals surface area (Å²) >= 11 is 11.9. The molecule has 1 aromatic carbocycles. The molecule has 0 saturated carbocycles. The molecule has 0 spiro atoms. The van der Waals surface area contributed by atoms with E-state index in [1.165, 1.54) is 6.33 Å². The Morgan fingerprint density at radius 1 is 1.36 bits per heavy atom. The van der Waals surface area contributed by atoms with E-state index in [0.717, 1.165) is 11.3 Å². The fourth-order valence-corrected chi connectivity index (χ4v) is 2.78. The van der Waals surface area contributed by atoms with Gasteiger partial charge in [0.1, 0.15) is 12.1 Å². The van der Waals surface area contributed by atoms with Crippen molar-refractivity contribution in [2.45, 2.75) is 26.1 Å². The van der Waals surface area contributed by atoms with Crippen molar-refractivity contribution < 1.29 is 9.53 Å². The highest BCUT2D eigenvalue weighted by atomic mass is 35.5. The summed E-state index contributed by atoms with van der Waals surface area (Å²) in [5.41, 5.74) is 1.84. The highest BCUT2D eigenvalue weighted by Gasteiger charge is 2.29. The molecular weight excluding hydrogens is 325 g/mol. The molecule has 2 aromatic rings. The van der Waals surface area contributed by atoms with Crippen LogP contribution in [0.3, 0.4) is 0 Å². The van der Waals surface area contributed by atoms with E-state index in [2.05, 4.69) is 9.97 Å². The minimum absolute atomic E-state index is 0.121. The maximum atomic E-state index is 12.5. The molecule has 7 heteroatoms. The van der Waals surface area contributed by atoms with Crippen LogP contribution in [0.4, 0.5) is 0 Å². The van der Waals surface area contributed by atoms with E-state index < -0.39 is 6.10 Å². The van der Waals surface area contributed by atoms with Crippen LogP contribution < -0.4 is 4.74 Å². The van der Waals surface area contributed by atoms with Gasteiger partial charge in [0.2, 0.25) is 0 Å². The second-order valence-electron chi connectivity index (χ2n) is 5.02. The van der Waals surface area contributed by atoms with E-state index in [0.29, 0.717) is 28.9 Å². The van der Waals surface area contributed by atoms with Crippen LogP contribution in [-0.2, 0) is 17.9 Å². The zero-order chi connectivity index (χ0) is 15.7. The predicted octanol–water partition coefficient (Wildman–Crippen LogP) is 3.09. The summed E-state index contributed by atoms with van der Waals surface area (Å²) in [5.74, 6) is 0.312. The first-order valence-corrected chi connectivity index (χ1v) is 7.48. The molecule has 22 heavy (non-hydrogen) atoms. The van der Waals surface area contributed by atoms with Crippen molar-refractivity contribution >= 4 is 29.1 Å². The Hall–Kier alpha value is -1.85. The smallest absolute Gasteiger partial charge is 0.264 e. The molecular formula is C15H13Cl2N3O2. The molecule has 2 heterocycles. The van der Waals surface area contributed by atoms with E-state index in [1.54, 1.807) is 36.2 Å². The standard InChI is InChI=1S/C15H13Cl2N3O2/c1-9(22-14-3-2-11(16)4-12(14)17)15(21)20-6-10-5-18-8-19-13(10)7-20/h2-5,8-9H,6-7H2,1H3. The van der Waals surface area contributed by atoms with Crippen LogP contribution >= 0.6 is 23.2 Å². The van der Waals surface area contributed by atoms with Crippen LogP contribution in [-0.4, -0.2) is 26.9 Å². The minimum Gasteiger partial charge on any atom is -0.479 e. The molecule has 1 aliphatic rings. The van der Waals surface area contributed by atoms with Crippen molar-refractivity contribution in [3.8, 4) is 5.75 Å². The van der Waals surface area contributed by atoms with Gasteiger partial charge in [0.05, 0.1) is 17.3 Å². The number of fused-ring (bicyclic) bond motifs is 1. The van der Waals surface area contributed by atoms with E-state index >= 15 is 0 Å². The van der Waals surface area contributed by atoms with E-state index in [9.17, 15) is 4.79 Å². The zero-order valence-corrected chi connectivity index (χ0v) is 13.3. The minimum atomic E-state index is -0.652. The number of benzene rings is 1. The predicted molar refractivity (Wildman–Crippen MR) is 82.8 cm³/mol. The molecule has 1 amide bonds. The van der Waals surface area contributed by atoms with Crippen LogP contribution in [0.25, 0.3) is 0 Å². The number of nitrogens with zero attached hydrogens (tertiary/aromatic N) is 3. The van der Waals surface area contributed by atoms with Crippen LogP contribution in [0.1, 0.15) is 18.2 Å². The summed E-state index contributed by atoms with van der Waals surface area (Å²) in [6.07, 6.45) is 2.57. The summed E-state index contributed by atoms with van der Waals surface area (Å²) in [7, 11) is 0. The highest BCUT2D eigenvalue weighted by molar-refractivity contribution is 6.35. The number of hydrogen-bond donors (Lipinski definition) is 0. The molecule has 0 bridgehead atoms. The number of ether oxygens (including phenoxy) is 1. The second kappa shape index (κ2) is 6.10. The lowest BCUT2D eigenvalue weighted by Crippen LogP contribution is -2.37. The monoisotopic (exact) mass is 337 g/mol. The normalized spacial score (nSPS) is 14.6. The summed E-state index contributed by atoms with van der Waals surface area (Å²) < 4.78 is 5.66. The lowest BCUT2D eigenvalue weighted by Gasteiger charge is -2.21. The average molecular weight is 338 g/mol. The number of carbonyl (C=O) groups is 1. The Bertz CT molecular complexity index is 699. The van der Waals surface area contributed by atoms with E-state index in [-0.39, 0.29) is 5.91 Å². The van der Waals surface area contributed by atoms with Gasteiger partial charge in [0, 0.05) is 23.3 Å². The topological polar surface area (TPSA) is 55.3 Å². The first-order valence-electron chi connectivity index (χ1n) is 6.73. The summed E-state index contributed by atoms with van der Waals surface area (Å²) in [5, 5.41) is 0.896. The third kappa shape index (κ3) is 3.00. The highest BCUT2D eigenvalue weighted by Crippen LogP contribution is 2.29. The fourth-order valence-electron chi connectivity index (χ4n) is 2.33. The van der Waals surface area contributed by atoms with Crippen LogP contribution in [0.5, 0.6) is 5.75 Å². The molecule has 3 rings (SSSR count). The van der Waals surface area contributed by atoms with Gasteiger partial charge in [-0.25, -0.2) is 9.97 Å². The molecule has 0 saturated heterocycles. The lowest BCUT2D eigenvalue weighted by molar-refractivity contribution is -0.138. The van der Waals surface area contributed by atoms with E-state index in [4.69, 9.17) is 27.9 Å². The number of aromatic nitrogens is 2.